The smallest absolute Gasteiger partial charge is 0.308 e. The topological polar surface area (TPSA) is 43.4 Å². The molecular weight excluding hydrogens is 144 g/mol. The van der Waals surface area contributed by atoms with Crippen molar-refractivity contribution < 1.29 is 14.3 Å². The maximum Gasteiger partial charge on any atom is 0.308 e. The van der Waals surface area contributed by atoms with Crippen LogP contribution in [-0.2, 0) is 14.3 Å². The van der Waals surface area contributed by atoms with Crippen molar-refractivity contribution in [1.29, 1.82) is 0 Å². The molecular formula is C8H12O3. The summed E-state index contributed by atoms with van der Waals surface area (Å²) in [6.07, 6.45) is 1.85. The fourth-order valence-electron chi connectivity index (χ4n) is 0.606. The van der Waals surface area contributed by atoms with E-state index in [1.807, 2.05) is 0 Å². The molecule has 3 heteroatoms. The van der Waals surface area contributed by atoms with Crippen molar-refractivity contribution in [3.05, 3.63) is 11.8 Å². The van der Waals surface area contributed by atoms with Gasteiger partial charge in [-0.2, -0.15) is 0 Å². The van der Waals surface area contributed by atoms with Crippen LogP contribution in [0, 0.1) is 0 Å². The molecule has 11 heavy (non-hydrogen) atoms. The van der Waals surface area contributed by atoms with Crippen molar-refractivity contribution in [3.63, 3.8) is 0 Å². The average molecular weight is 156 g/mol. The van der Waals surface area contributed by atoms with Crippen LogP contribution in [0.2, 0.25) is 0 Å². The van der Waals surface area contributed by atoms with E-state index in [1.165, 1.54) is 13.0 Å². The van der Waals surface area contributed by atoms with Gasteiger partial charge >= 0.3 is 5.97 Å². The van der Waals surface area contributed by atoms with Gasteiger partial charge in [-0.3, -0.25) is 9.59 Å². The number of ketones is 1. The Bertz CT molecular complexity index is 192. The Morgan fingerprint density at radius 2 is 2.00 bits per heavy atom. The predicted molar refractivity (Wildman–Crippen MR) is 40.8 cm³/mol. The fraction of sp³-hybridized carbons (Fsp3) is 0.500. The monoisotopic (exact) mass is 156 g/mol. The van der Waals surface area contributed by atoms with E-state index < -0.39 is 5.97 Å². The largest absolute Gasteiger partial charge is 0.423 e. The van der Waals surface area contributed by atoms with E-state index in [0.717, 1.165) is 0 Å². The molecule has 0 heterocycles. The predicted octanol–water partition coefficient (Wildman–Crippen LogP) is 1.43. The molecule has 0 aliphatic heterocycles. The Hall–Kier alpha value is -1.12. The second kappa shape index (κ2) is 4.66. The van der Waals surface area contributed by atoms with Gasteiger partial charge in [0.1, 0.15) is 0 Å². The summed E-state index contributed by atoms with van der Waals surface area (Å²) < 4.78 is 4.62. The molecule has 0 amide bonds. The quantitative estimate of drug-likeness (QED) is 0.352. The molecule has 0 fully saturated rings. The Balaban J connectivity index is 4.20. The molecule has 0 aromatic rings. The summed E-state index contributed by atoms with van der Waals surface area (Å²) in [5.41, 5.74) is 0. The van der Waals surface area contributed by atoms with Crippen molar-refractivity contribution >= 4 is 11.8 Å². The van der Waals surface area contributed by atoms with Crippen LogP contribution in [0.5, 0.6) is 0 Å². The SMILES string of the molecule is C/C=C(/OC(C)=O)C(=O)CC. The van der Waals surface area contributed by atoms with Crippen LogP contribution < -0.4 is 0 Å². The molecule has 0 aromatic carbocycles. The highest BCUT2D eigenvalue weighted by atomic mass is 16.5. The van der Waals surface area contributed by atoms with E-state index in [2.05, 4.69) is 4.74 Å². The first-order valence-electron chi connectivity index (χ1n) is 3.49. The van der Waals surface area contributed by atoms with Gasteiger partial charge in [0.05, 0.1) is 0 Å². The van der Waals surface area contributed by atoms with Crippen LogP contribution in [0.4, 0.5) is 0 Å². The van der Waals surface area contributed by atoms with E-state index in [9.17, 15) is 9.59 Å². The summed E-state index contributed by atoms with van der Waals surface area (Å²) in [7, 11) is 0. The molecule has 0 atom stereocenters. The maximum atomic E-state index is 10.9. The molecule has 0 saturated carbocycles. The zero-order valence-corrected chi connectivity index (χ0v) is 7.01. The van der Waals surface area contributed by atoms with Gasteiger partial charge < -0.3 is 4.74 Å². The van der Waals surface area contributed by atoms with Gasteiger partial charge in [-0.25, -0.2) is 0 Å². The number of ether oxygens (including phenoxy) is 1. The number of esters is 1. The maximum absolute atomic E-state index is 10.9. The first-order chi connectivity index (χ1) is 5.11. The van der Waals surface area contributed by atoms with Gasteiger partial charge in [0.15, 0.2) is 11.5 Å². The first kappa shape index (κ1) is 9.88. The number of carbonyl (C=O) groups is 2. The van der Waals surface area contributed by atoms with Gasteiger partial charge in [-0.05, 0) is 13.0 Å². The van der Waals surface area contributed by atoms with Crippen LogP contribution in [0.25, 0.3) is 0 Å². The number of allylic oxidation sites excluding steroid dienone is 2. The van der Waals surface area contributed by atoms with Crippen LogP contribution in [0.3, 0.4) is 0 Å². The Morgan fingerprint density at radius 1 is 1.45 bits per heavy atom. The molecule has 0 bridgehead atoms. The van der Waals surface area contributed by atoms with Gasteiger partial charge in [-0.1, -0.05) is 6.92 Å². The highest BCUT2D eigenvalue weighted by Crippen LogP contribution is 2.01. The molecule has 3 nitrogen and oxygen atoms in total. The summed E-state index contributed by atoms with van der Waals surface area (Å²) >= 11 is 0. The molecule has 0 N–H and O–H groups in total. The standard InChI is InChI=1S/C8H12O3/c1-4-7(10)8(5-2)11-6(3)9/h5H,4H2,1-3H3/b8-5+. The molecule has 0 saturated heterocycles. The van der Waals surface area contributed by atoms with Crippen molar-refractivity contribution in [2.45, 2.75) is 27.2 Å². The molecule has 0 aliphatic carbocycles. The molecule has 0 aliphatic rings. The molecule has 0 radical (unpaired) electrons. The second-order valence-corrected chi connectivity index (χ2v) is 2.02. The third kappa shape index (κ3) is 3.55. The zero-order valence-electron chi connectivity index (χ0n) is 7.01. The van der Waals surface area contributed by atoms with E-state index in [0.29, 0.717) is 6.42 Å². The van der Waals surface area contributed by atoms with Gasteiger partial charge in [0, 0.05) is 13.3 Å². The molecule has 62 valence electrons. The third-order valence-electron chi connectivity index (χ3n) is 1.11. The lowest BCUT2D eigenvalue weighted by molar-refractivity contribution is -0.140. The Labute approximate surface area is 66.0 Å². The lowest BCUT2D eigenvalue weighted by Crippen LogP contribution is -2.07. The number of rotatable bonds is 3. The van der Waals surface area contributed by atoms with Crippen molar-refractivity contribution in [2.75, 3.05) is 0 Å². The van der Waals surface area contributed by atoms with Gasteiger partial charge in [-0.15, -0.1) is 0 Å². The van der Waals surface area contributed by atoms with Crippen molar-refractivity contribution in [1.82, 2.24) is 0 Å². The van der Waals surface area contributed by atoms with Crippen LogP contribution >= 0.6 is 0 Å². The lowest BCUT2D eigenvalue weighted by atomic mass is 10.2. The van der Waals surface area contributed by atoms with E-state index in [-0.39, 0.29) is 11.5 Å². The van der Waals surface area contributed by atoms with E-state index in [1.54, 1.807) is 13.8 Å². The molecule has 0 aromatic heterocycles. The number of Topliss-reactive ketones (excluding diaryl/α,β-unsaturated/α-hetero) is 1. The van der Waals surface area contributed by atoms with E-state index in [4.69, 9.17) is 0 Å². The minimum absolute atomic E-state index is 0.139. The molecule has 0 rings (SSSR count). The first-order valence-corrected chi connectivity index (χ1v) is 3.49. The highest BCUT2D eigenvalue weighted by Gasteiger charge is 2.08. The summed E-state index contributed by atoms with van der Waals surface area (Å²) in [4.78, 5) is 21.4. The number of hydrogen-bond donors (Lipinski definition) is 0. The lowest BCUT2D eigenvalue weighted by Gasteiger charge is -2.02. The van der Waals surface area contributed by atoms with E-state index >= 15 is 0 Å². The highest BCUT2D eigenvalue weighted by molar-refractivity contribution is 5.95. The van der Waals surface area contributed by atoms with Gasteiger partial charge in [0.2, 0.25) is 0 Å². The average Bonchev–Trinajstić information content (AvgIpc) is 1.98. The minimum atomic E-state index is -0.458. The number of hydrogen-bond acceptors (Lipinski definition) is 3. The molecule has 0 spiro atoms. The van der Waals surface area contributed by atoms with Crippen LogP contribution in [0.15, 0.2) is 11.8 Å². The normalized spacial score (nSPS) is 11.0. The second-order valence-electron chi connectivity index (χ2n) is 2.02. The number of carbonyl (C=O) groups excluding carboxylic acids is 2. The summed E-state index contributed by atoms with van der Waals surface area (Å²) in [6, 6.07) is 0. The summed E-state index contributed by atoms with van der Waals surface area (Å²) in [5.74, 6) is -0.470. The van der Waals surface area contributed by atoms with Gasteiger partial charge in [0.25, 0.3) is 0 Å². The summed E-state index contributed by atoms with van der Waals surface area (Å²) in [6.45, 7) is 4.65. The van der Waals surface area contributed by atoms with Crippen LogP contribution in [0.1, 0.15) is 27.2 Å². The fourth-order valence-corrected chi connectivity index (χ4v) is 0.606. The zero-order chi connectivity index (χ0) is 8.85. The summed E-state index contributed by atoms with van der Waals surface area (Å²) in [5, 5.41) is 0. The van der Waals surface area contributed by atoms with Crippen molar-refractivity contribution in [3.8, 4) is 0 Å². The van der Waals surface area contributed by atoms with Crippen LogP contribution in [-0.4, -0.2) is 11.8 Å². The van der Waals surface area contributed by atoms with Crippen molar-refractivity contribution in [2.24, 2.45) is 0 Å². The Kier molecular flexibility index (Phi) is 4.18. The third-order valence-corrected chi connectivity index (χ3v) is 1.11. The Morgan fingerprint density at radius 3 is 2.27 bits per heavy atom. The minimum Gasteiger partial charge on any atom is -0.423 e. The molecule has 0 unspecified atom stereocenters.